The summed E-state index contributed by atoms with van der Waals surface area (Å²) in [6.07, 6.45) is 4.40. The molecule has 0 radical (unpaired) electrons. The summed E-state index contributed by atoms with van der Waals surface area (Å²) >= 11 is 0. The molecule has 1 N–H and O–H groups in total. The summed E-state index contributed by atoms with van der Waals surface area (Å²) in [6, 6.07) is 2.79. The SMILES string of the molecule is O=S1CCN(Cc2occc2CNC2CC2)CC1. The maximum absolute atomic E-state index is 11.3. The maximum atomic E-state index is 11.3. The summed E-state index contributed by atoms with van der Waals surface area (Å²) in [5, 5.41) is 3.52. The van der Waals surface area contributed by atoms with Gasteiger partial charge in [0.25, 0.3) is 0 Å². The Hall–Kier alpha value is -0.650. The van der Waals surface area contributed by atoms with Crippen molar-refractivity contribution in [1.82, 2.24) is 10.2 Å². The fourth-order valence-electron chi connectivity index (χ4n) is 2.24. The predicted molar refractivity (Wildman–Crippen MR) is 71.7 cm³/mol. The Balaban J connectivity index is 1.54. The first kappa shape index (κ1) is 12.4. The van der Waals surface area contributed by atoms with Crippen LogP contribution >= 0.6 is 0 Å². The molecule has 4 nitrogen and oxygen atoms in total. The van der Waals surface area contributed by atoms with Gasteiger partial charge in [-0.1, -0.05) is 0 Å². The molecule has 18 heavy (non-hydrogen) atoms. The maximum Gasteiger partial charge on any atom is 0.122 e. The van der Waals surface area contributed by atoms with Gasteiger partial charge in [-0.2, -0.15) is 0 Å². The van der Waals surface area contributed by atoms with Gasteiger partial charge in [-0.05, 0) is 18.9 Å². The van der Waals surface area contributed by atoms with E-state index in [-0.39, 0.29) is 0 Å². The van der Waals surface area contributed by atoms with Gasteiger partial charge in [-0.25, -0.2) is 0 Å². The van der Waals surface area contributed by atoms with E-state index in [1.807, 2.05) is 0 Å². The van der Waals surface area contributed by atoms with Crippen molar-refractivity contribution in [3.63, 3.8) is 0 Å². The highest BCUT2D eigenvalue weighted by molar-refractivity contribution is 7.85. The molecule has 0 amide bonds. The molecule has 0 spiro atoms. The van der Waals surface area contributed by atoms with Gasteiger partial charge in [0, 0.05) is 53.5 Å². The third-order valence-electron chi connectivity index (χ3n) is 3.63. The number of hydrogen-bond acceptors (Lipinski definition) is 4. The average molecular weight is 268 g/mol. The normalized spacial score (nSPS) is 22.4. The van der Waals surface area contributed by atoms with E-state index in [0.29, 0.717) is 0 Å². The van der Waals surface area contributed by atoms with Crippen molar-refractivity contribution >= 4 is 10.8 Å². The van der Waals surface area contributed by atoms with Crippen molar-refractivity contribution in [2.24, 2.45) is 0 Å². The van der Waals surface area contributed by atoms with Crippen LogP contribution in [0.25, 0.3) is 0 Å². The van der Waals surface area contributed by atoms with Crippen LogP contribution in [0.1, 0.15) is 24.2 Å². The molecule has 0 unspecified atom stereocenters. The smallest absolute Gasteiger partial charge is 0.122 e. The Morgan fingerprint density at radius 1 is 1.39 bits per heavy atom. The van der Waals surface area contributed by atoms with Crippen LogP contribution in [0, 0.1) is 0 Å². The third-order valence-corrected chi connectivity index (χ3v) is 4.91. The van der Waals surface area contributed by atoms with Crippen molar-refractivity contribution in [3.05, 3.63) is 23.7 Å². The minimum Gasteiger partial charge on any atom is -0.468 e. The van der Waals surface area contributed by atoms with E-state index < -0.39 is 10.8 Å². The fourth-order valence-corrected chi connectivity index (χ4v) is 3.37. The van der Waals surface area contributed by atoms with Crippen LogP contribution in [0.3, 0.4) is 0 Å². The van der Waals surface area contributed by atoms with E-state index in [0.717, 1.165) is 49.5 Å². The molecule has 5 heteroatoms. The monoisotopic (exact) mass is 268 g/mol. The van der Waals surface area contributed by atoms with Gasteiger partial charge in [0.05, 0.1) is 12.8 Å². The highest BCUT2D eigenvalue weighted by Gasteiger charge is 2.22. The van der Waals surface area contributed by atoms with Crippen LogP contribution in [0.15, 0.2) is 16.7 Å². The molecule has 1 saturated carbocycles. The van der Waals surface area contributed by atoms with Crippen LogP contribution < -0.4 is 5.32 Å². The Kier molecular flexibility index (Phi) is 3.82. The second-order valence-corrected chi connectivity index (χ2v) is 6.84. The lowest BCUT2D eigenvalue weighted by molar-refractivity contribution is 0.263. The number of hydrogen-bond donors (Lipinski definition) is 1. The van der Waals surface area contributed by atoms with Crippen LogP contribution in [0.4, 0.5) is 0 Å². The zero-order chi connectivity index (χ0) is 12.4. The Morgan fingerprint density at radius 2 is 2.17 bits per heavy atom. The summed E-state index contributed by atoms with van der Waals surface area (Å²) in [4.78, 5) is 2.33. The van der Waals surface area contributed by atoms with Gasteiger partial charge in [-0.3, -0.25) is 9.11 Å². The van der Waals surface area contributed by atoms with E-state index >= 15 is 0 Å². The van der Waals surface area contributed by atoms with E-state index in [1.165, 1.54) is 18.4 Å². The molecule has 0 atom stereocenters. The summed E-state index contributed by atoms with van der Waals surface area (Å²) < 4.78 is 16.9. The Bertz CT molecular complexity index is 418. The van der Waals surface area contributed by atoms with E-state index in [4.69, 9.17) is 4.42 Å². The number of nitrogens with zero attached hydrogens (tertiary/aromatic N) is 1. The zero-order valence-corrected chi connectivity index (χ0v) is 11.4. The van der Waals surface area contributed by atoms with Gasteiger partial charge < -0.3 is 9.73 Å². The standard InChI is InChI=1S/C13H20N2O2S/c16-18-7-4-15(5-8-18)10-13-11(3-6-17-13)9-14-12-1-2-12/h3,6,12,14H,1-2,4-5,7-10H2. The fraction of sp³-hybridized carbons (Fsp3) is 0.692. The van der Waals surface area contributed by atoms with Crippen LogP contribution in [0.5, 0.6) is 0 Å². The van der Waals surface area contributed by atoms with E-state index in [1.54, 1.807) is 6.26 Å². The second kappa shape index (κ2) is 5.55. The molecule has 0 aromatic carbocycles. The molecule has 1 aromatic rings. The van der Waals surface area contributed by atoms with Gasteiger partial charge in [0.2, 0.25) is 0 Å². The lowest BCUT2D eigenvalue weighted by Gasteiger charge is -2.25. The highest BCUT2D eigenvalue weighted by atomic mass is 32.2. The summed E-state index contributed by atoms with van der Waals surface area (Å²) in [7, 11) is -0.601. The quantitative estimate of drug-likeness (QED) is 0.868. The van der Waals surface area contributed by atoms with E-state index in [9.17, 15) is 4.21 Å². The van der Waals surface area contributed by atoms with Crippen molar-refractivity contribution < 1.29 is 8.63 Å². The average Bonchev–Trinajstić information content (AvgIpc) is 3.11. The lowest BCUT2D eigenvalue weighted by Crippen LogP contribution is -2.37. The zero-order valence-electron chi connectivity index (χ0n) is 10.6. The minimum atomic E-state index is -0.601. The molecule has 2 aliphatic rings. The Morgan fingerprint density at radius 3 is 2.89 bits per heavy atom. The number of nitrogens with one attached hydrogen (secondary N) is 1. The molecule has 1 aliphatic carbocycles. The predicted octanol–water partition coefficient (Wildman–Crippen LogP) is 1.10. The molecule has 2 fully saturated rings. The molecule has 3 rings (SSSR count). The van der Waals surface area contributed by atoms with Crippen LogP contribution in [0.2, 0.25) is 0 Å². The first-order valence-corrected chi connectivity index (χ1v) is 8.16. The molecule has 100 valence electrons. The summed E-state index contributed by atoms with van der Waals surface area (Å²) in [6.45, 7) is 3.60. The molecular formula is C13H20N2O2S. The van der Waals surface area contributed by atoms with Gasteiger partial charge >= 0.3 is 0 Å². The highest BCUT2D eigenvalue weighted by Crippen LogP contribution is 2.21. The number of furan rings is 1. The molecule has 2 heterocycles. The third kappa shape index (κ3) is 3.22. The first-order chi connectivity index (χ1) is 8.81. The first-order valence-electron chi connectivity index (χ1n) is 6.67. The lowest BCUT2D eigenvalue weighted by atomic mass is 10.2. The van der Waals surface area contributed by atoms with Gasteiger partial charge in [-0.15, -0.1) is 0 Å². The second-order valence-electron chi connectivity index (χ2n) is 5.15. The largest absolute Gasteiger partial charge is 0.468 e. The van der Waals surface area contributed by atoms with Crippen molar-refractivity contribution in [3.8, 4) is 0 Å². The molecule has 1 saturated heterocycles. The van der Waals surface area contributed by atoms with Crippen molar-refractivity contribution in [2.45, 2.75) is 32.0 Å². The van der Waals surface area contributed by atoms with Crippen molar-refractivity contribution in [2.75, 3.05) is 24.6 Å². The minimum absolute atomic E-state index is 0.601. The van der Waals surface area contributed by atoms with Crippen LogP contribution in [-0.4, -0.2) is 39.7 Å². The molecule has 1 aromatic heterocycles. The molecule has 1 aliphatic heterocycles. The molecular weight excluding hydrogens is 248 g/mol. The Labute approximate surface area is 110 Å². The number of rotatable bonds is 5. The van der Waals surface area contributed by atoms with Gasteiger partial charge in [0.15, 0.2) is 0 Å². The summed E-state index contributed by atoms with van der Waals surface area (Å²) in [5.41, 5.74) is 1.27. The molecule has 0 bridgehead atoms. The topological polar surface area (TPSA) is 45.5 Å². The van der Waals surface area contributed by atoms with Gasteiger partial charge in [0.1, 0.15) is 5.76 Å². The van der Waals surface area contributed by atoms with Crippen LogP contribution in [-0.2, 0) is 23.9 Å². The van der Waals surface area contributed by atoms with Crippen molar-refractivity contribution in [1.29, 1.82) is 0 Å². The van der Waals surface area contributed by atoms with E-state index in [2.05, 4.69) is 16.3 Å². The summed E-state index contributed by atoms with van der Waals surface area (Å²) in [5.74, 6) is 2.67.